The van der Waals surface area contributed by atoms with Crippen molar-refractivity contribution in [3.8, 4) is 0 Å². The second kappa shape index (κ2) is 10.6. The molecular weight excluding hydrogens is 314 g/mol. The van der Waals surface area contributed by atoms with Crippen molar-refractivity contribution in [2.45, 2.75) is 18.6 Å². The summed E-state index contributed by atoms with van der Waals surface area (Å²) in [6.45, 7) is 8.21. The van der Waals surface area contributed by atoms with Gasteiger partial charge in [-0.3, -0.25) is 5.41 Å². The van der Waals surface area contributed by atoms with Gasteiger partial charge in [0.2, 0.25) is 0 Å². The molecule has 1 aromatic heterocycles. The first kappa shape index (κ1) is 19.0. The third-order valence-electron chi connectivity index (χ3n) is 3.07. The fraction of sp³-hybridized carbons (Fsp3) is 0.600. The number of nitrogens with one attached hydrogen (secondary N) is 3. The molecule has 7 heteroatoms. The summed E-state index contributed by atoms with van der Waals surface area (Å²) in [5, 5.41) is 14.1. The second-order valence-electron chi connectivity index (χ2n) is 5.22. The van der Waals surface area contributed by atoms with E-state index in [2.05, 4.69) is 48.1 Å². The number of hydrogen-bond acceptors (Lipinski definition) is 5. The predicted molar refractivity (Wildman–Crippen MR) is 99.2 cm³/mol. The maximum atomic E-state index is 7.69. The summed E-state index contributed by atoms with van der Waals surface area (Å²) in [5.74, 6) is 1.31. The van der Waals surface area contributed by atoms with Crippen molar-refractivity contribution >= 4 is 29.1 Å². The quantitative estimate of drug-likeness (QED) is 0.264. The molecule has 0 saturated heterocycles. The van der Waals surface area contributed by atoms with Crippen molar-refractivity contribution in [2.24, 2.45) is 0 Å². The van der Waals surface area contributed by atoms with Crippen LogP contribution in [0.1, 0.15) is 22.2 Å². The van der Waals surface area contributed by atoms with E-state index in [-0.39, 0.29) is 0 Å². The van der Waals surface area contributed by atoms with Crippen LogP contribution in [0.2, 0.25) is 0 Å². The van der Waals surface area contributed by atoms with Crippen LogP contribution in [0.25, 0.3) is 0 Å². The van der Waals surface area contributed by atoms with Crippen molar-refractivity contribution in [3.05, 3.63) is 28.7 Å². The Morgan fingerprint density at radius 2 is 2.32 bits per heavy atom. The van der Waals surface area contributed by atoms with Crippen LogP contribution >= 0.6 is 23.1 Å². The number of thioether (sulfide) groups is 1. The highest BCUT2D eigenvalue weighted by Crippen LogP contribution is 2.34. The van der Waals surface area contributed by atoms with Crippen LogP contribution in [0, 0.1) is 12.3 Å². The van der Waals surface area contributed by atoms with Gasteiger partial charge in [0.05, 0.1) is 11.2 Å². The number of hydrogen-bond donors (Lipinski definition) is 3. The van der Waals surface area contributed by atoms with Crippen molar-refractivity contribution in [3.63, 3.8) is 0 Å². The van der Waals surface area contributed by atoms with E-state index in [4.69, 9.17) is 5.41 Å². The summed E-state index contributed by atoms with van der Waals surface area (Å²) in [6, 6.07) is 0. The molecule has 0 bridgehead atoms. The second-order valence-corrected chi connectivity index (χ2v) is 7.59. The van der Waals surface area contributed by atoms with Crippen LogP contribution in [0.15, 0.2) is 18.2 Å². The molecule has 1 unspecified atom stereocenters. The molecule has 0 aliphatic heterocycles. The minimum Gasteiger partial charge on any atom is -0.356 e. The molecule has 1 rings (SSSR count). The van der Waals surface area contributed by atoms with Crippen LogP contribution < -0.4 is 10.6 Å². The van der Waals surface area contributed by atoms with Gasteiger partial charge >= 0.3 is 0 Å². The van der Waals surface area contributed by atoms with Crippen molar-refractivity contribution in [2.75, 3.05) is 39.5 Å². The van der Waals surface area contributed by atoms with Crippen molar-refractivity contribution < 1.29 is 0 Å². The molecular formula is C15H27N5S2. The molecule has 22 heavy (non-hydrogen) atoms. The highest BCUT2D eigenvalue weighted by molar-refractivity contribution is 7.99. The molecule has 1 aromatic rings. The largest absolute Gasteiger partial charge is 0.356 e. The van der Waals surface area contributed by atoms with Gasteiger partial charge in [-0.2, -0.15) is 11.8 Å². The van der Waals surface area contributed by atoms with Gasteiger partial charge in [-0.15, -0.1) is 17.9 Å². The van der Waals surface area contributed by atoms with Crippen molar-refractivity contribution in [1.29, 1.82) is 5.41 Å². The summed E-state index contributed by atoms with van der Waals surface area (Å²) in [5.41, 5.74) is 3.15. The summed E-state index contributed by atoms with van der Waals surface area (Å²) < 4.78 is 0. The summed E-state index contributed by atoms with van der Waals surface area (Å²) >= 11 is 3.62. The molecule has 0 aromatic carbocycles. The standard InChI is InChI=1S/C15H27N5S2/c1-5-7-17-15(16)18-8-10-21-13(6-9-20(3)4)14-12(2)22-11-19-14/h5,11,13H,1,6-10H2,2-4H3,(H3,16,17,18). The topological polar surface area (TPSA) is 64.0 Å². The lowest BCUT2D eigenvalue weighted by atomic mass is 10.2. The lowest BCUT2D eigenvalue weighted by molar-refractivity contribution is 0.398. The number of guanidine groups is 1. The molecule has 1 heterocycles. The molecule has 3 N–H and O–H groups in total. The Labute approximate surface area is 142 Å². The van der Waals surface area contributed by atoms with Crippen molar-refractivity contribution in [1.82, 2.24) is 20.5 Å². The Morgan fingerprint density at radius 3 is 2.91 bits per heavy atom. The number of thiazole rings is 1. The zero-order valence-corrected chi connectivity index (χ0v) is 15.3. The Morgan fingerprint density at radius 1 is 1.55 bits per heavy atom. The normalized spacial score (nSPS) is 12.2. The zero-order valence-electron chi connectivity index (χ0n) is 13.7. The first-order valence-corrected chi connectivity index (χ1v) is 9.31. The van der Waals surface area contributed by atoms with Crippen LogP contribution in [0.4, 0.5) is 0 Å². The minimum absolute atomic E-state index is 0.357. The monoisotopic (exact) mass is 341 g/mol. The van der Waals surface area contributed by atoms with E-state index in [1.54, 1.807) is 17.4 Å². The molecule has 0 saturated carbocycles. The molecule has 124 valence electrons. The number of aryl methyl sites for hydroxylation is 1. The van der Waals surface area contributed by atoms with Gasteiger partial charge in [-0.25, -0.2) is 4.98 Å². The highest BCUT2D eigenvalue weighted by Gasteiger charge is 2.17. The molecule has 5 nitrogen and oxygen atoms in total. The first-order chi connectivity index (χ1) is 10.5. The SMILES string of the molecule is C=CCNC(=N)NCCSC(CCN(C)C)c1ncsc1C. The summed E-state index contributed by atoms with van der Waals surface area (Å²) in [4.78, 5) is 8.06. The predicted octanol–water partition coefficient (Wildman–Crippen LogP) is 2.48. The Kier molecular flexibility index (Phi) is 9.19. The fourth-order valence-corrected chi connectivity index (χ4v) is 3.80. The summed E-state index contributed by atoms with van der Waals surface area (Å²) in [6.07, 6.45) is 2.83. The van der Waals surface area contributed by atoms with E-state index in [1.165, 1.54) is 10.6 Å². The van der Waals surface area contributed by atoms with Gasteiger partial charge in [0, 0.05) is 29.0 Å². The van der Waals surface area contributed by atoms with Gasteiger partial charge in [0.1, 0.15) is 0 Å². The minimum atomic E-state index is 0.357. The smallest absolute Gasteiger partial charge is 0.188 e. The zero-order chi connectivity index (χ0) is 16.4. The Bertz CT molecular complexity index is 459. The molecule has 0 radical (unpaired) electrons. The maximum absolute atomic E-state index is 7.69. The molecule has 0 aliphatic rings. The van der Waals surface area contributed by atoms with E-state index in [1.807, 2.05) is 17.3 Å². The molecule has 0 spiro atoms. The average Bonchev–Trinajstić information content (AvgIpc) is 2.90. The van der Waals surface area contributed by atoms with E-state index in [0.717, 1.165) is 25.3 Å². The van der Waals surface area contributed by atoms with E-state index < -0.39 is 0 Å². The number of rotatable bonds is 10. The van der Waals surface area contributed by atoms with E-state index in [0.29, 0.717) is 17.8 Å². The lowest BCUT2D eigenvalue weighted by Crippen LogP contribution is -2.37. The van der Waals surface area contributed by atoms with Gasteiger partial charge in [0.15, 0.2) is 5.96 Å². The van der Waals surface area contributed by atoms with Gasteiger partial charge in [0.25, 0.3) is 0 Å². The van der Waals surface area contributed by atoms with Gasteiger partial charge < -0.3 is 15.5 Å². The third kappa shape index (κ3) is 7.29. The maximum Gasteiger partial charge on any atom is 0.188 e. The van der Waals surface area contributed by atoms with Gasteiger partial charge in [-0.05, 0) is 34.0 Å². The van der Waals surface area contributed by atoms with Crippen LogP contribution in [-0.4, -0.2) is 55.3 Å². The molecule has 0 amide bonds. The summed E-state index contributed by atoms with van der Waals surface area (Å²) in [7, 11) is 4.20. The van der Waals surface area contributed by atoms with Crippen LogP contribution in [0.3, 0.4) is 0 Å². The lowest BCUT2D eigenvalue weighted by Gasteiger charge is -2.18. The molecule has 1 atom stereocenters. The van der Waals surface area contributed by atoms with E-state index in [9.17, 15) is 0 Å². The Hall–Kier alpha value is -1.05. The van der Waals surface area contributed by atoms with Gasteiger partial charge in [-0.1, -0.05) is 6.08 Å². The Balaban J connectivity index is 2.40. The molecule has 0 aliphatic carbocycles. The highest BCUT2D eigenvalue weighted by atomic mass is 32.2. The van der Waals surface area contributed by atoms with Crippen LogP contribution in [-0.2, 0) is 0 Å². The number of aromatic nitrogens is 1. The average molecular weight is 342 g/mol. The van der Waals surface area contributed by atoms with Crippen LogP contribution in [0.5, 0.6) is 0 Å². The first-order valence-electron chi connectivity index (χ1n) is 7.38. The third-order valence-corrected chi connectivity index (χ3v) is 5.15. The van der Waals surface area contributed by atoms with E-state index >= 15 is 0 Å². The molecule has 0 fully saturated rings. The fourth-order valence-electron chi connectivity index (χ4n) is 1.91. The number of nitrogens with zero attached hydrogens (tertiary/aromatic N) is 2.